The van der Waals surface area contributed by atoms with Gasteiger partial charge in [-0.15, -0.1) is 0 Å². The Morgan fingerprint density at radius 1 is 1.42 bits per heavy atom. The number of hydrogen-bond acceptors (Lipinski definition) is 3. The lowest BCUT2D eigenvalue weighted by atomic mass is 10.1. The first kappa shape index (κ1) is 14.5. The molecule has 1 aromatic heterocycles. The largest absolute Gasteiger partial charge is 0.390 e. The van der Waals surface area contributed by atoms with Gasteiger partial charge in [0.15, 0.2) is 0 Å². The molecule has 0 aromatic carbocycles. The Kier molecular flexibility index (Phi) is 5.40. The van der Waals surface area contributed by atoms with Crippen LogP contribution in [0.3, 0.4) is 0 Å². The molecule has 2 atom stereocenters. The van der Waals surface area contributed by atoms with E-state index in [2.05, 4.69) is 16.0 Å². The number of nitrogens with zero attached hydrogens (tertiary/aromatic N) is 2. The smallest absolute Gasteiger partial charge is 0.0857 e. The number of aliphatic hydroxyl groups is 1. The SMILES string of the molecule is CCOC(CC)C(O)Cc1ccn(C2CCCC2)n1. The first-order chi connectivity index (χ1) is 9.24. The standard InChI is InChI=1S/C15H26N2O2/c1-3-15(19-4-2)14(18)11-12-9-10-17(16-12)13-7-5-6-8-13/h9-10,13-15,18H,3-8,11H2,1-2H3. The predicted octanol–water partition coefficient (Wildman–Crippen LogP) is 2.72. The van der Waals surface area contributed by atoms with E-state index in [-0.39, 0.29) is 6.10 Å². The molecular formula is C15H26N2O2. The second-order valence-corrected chi connectivity index (χ2v) is 5.40. The molecule has 2 unspecified atom stereocenters. The lowest BCUT2D eigenvalue weighted by molar-refractivity contribution is -0.0338. The van der Waals surface area contributed by atoms with Crippen LogP contribution in [0.1, 0.15) is 57.7 Å². The normalized spacial score (nSPS) is 19.7. The summed E-state index contributed by atoms with van der Waals surface area (Å²) in [5.41, 5.74) is 0.970. The van der Waals surface area contributed by atoms with E-state index in [1.807, 2.05) is 19.9 Å². The van der Waals surface area contributed by atoms with E-state index >= 15 is 0 Å². The third-order valence-electron chi connectivity index (χ3n) is 3.99. The van der Waals surface area contributed by atoms with E-state index in [4.69, 9.17) is 4.74 Å². The highest BCUT2D eigenvalue weighted by atomic mass is 16.5. The van der Waals surface area contributed by atoms with Crippen LogP contribution < -0.4 is 0 Å². The fraction of sp³-hybridized carbons (Fsp3) is 0.800. The Labute approximate surface area is 115 Å². The fourth-order valence-corrected chi connectivity index (χ4v) is 2.92. The maximum atomic E-state index is 10.2. The molecule has 1 aliphatic rings. The Balaban J connectivity index is 1.91. The number of aliphatic hydroxyl groups excluding tert-OH is 1. The van der Waals surface area contributed by atoms with Crippen molar-refractivity contribution in [1.82, 2.24) is 9.78 Å². The van der Waals surface area contributed by atoms with E-state index in [0.717, 1.165) is 12.1 Å². The summed E-state index contributed by atoms with van der Waals surface area (Å²) in [6.07, 6.45) is 8.02. The third-order valence-corrected chi connectivity index (χ3v) is 3.99. The molecule has 4 heteroatoms. The molecule has 4 nitrogen and oxygen atoms in total. The van der Waals surface area contributed by atoms with Gasteiger partial charge in [0.2, 0.25) is 0 Å². The molecule has 19 heavy (non-hydrogen) atoms. The Bertz CT molecular complexity index is 372. The number of ether oxygens (including phenoxy) is 1. The van der Waals surface area contributed by atoms with E-state index in [0.29, 0.717) is 19.1 Å². The van der Waals surface area contributed by atoms with Gasteiger partial charge < -0.3 is 9.84 Å². The van der Waals surface area contributed by atoms with Crippen molar-refractivity contribution < 1.29 is 9.84 Å². The van der Waals surface area contributed by atoms with Gasteiger partial charge >= 0.3 is 0 Å². The predicted molar refractivity (Wildman–Crippen MR) is 75.1 cm³/mol. The minimum atomic E-state index is -0.461. The maximum Gasteiger partial charge on any atom is 0.0857 e. The molecule has 1 heterocycles. The van der Waals surface area contributed by atoms with Crippen LogP contribution in [0.5, 0.6) is 0 Å². The van der Waals surface area contributed by atoms with Crippen LogP contribution >= 0.6 is 0 Å². The Morgan fingerprint density at radius 3 is 2.79 bits per heavy atom. The highest BCUT2D eigenvalue weighted by molar-refractivity contribution is 5.02. The lowest BCUT2D eigenvalue weighted by Crippen LogP contribution is -2.30. The lowest BCUT2D eigenvalue weighted by Gasteiger charge is -2.20. The van der Waals surface area contributed by atoms with Crippen molar-refractivity contribution >= 4 is 0 Å². The molecule has 0 bridgehead atoms. The van der Waals surface area contributed by atoms with Crippen LogP contribution in [-0.4, -0.2) is 33.7 Å². The average molecular weight is 266 g/mol. The maximum absolute atomic E-state index is 10.2. The van der Waals surface area contributed by atoms with Crippen molar-refractivity contribution in [2.45, 2.75) is 70.6 Å². The van der Waals surface area contributed by atoms with Gasteiger partial charge in [0, 0.05) is 19.2 Å². The van der Waals surface area contributed by atoms with Gasteiger partial charge in [0.1, 0.15) is 0 Å². The van der Waals surface area contributed by atoms with Gasteiger partial charge in [-0.2, -0.15) is 5.10 Å². The molecule has 0 saturated heterocycles. The summed E-state index contributed by atoms with van der Waals surface area (Å²) in [5.74, 6) is 0. The highest BCUT2D eigenvalue weighted by Crippen LogP contribution is 2.28. The van der Waals surface area contributed by atoms with Crippen molar-refractivity contribution in [2.24, 2.45) is 0 Å². The van der Waals surface area contributed by atoms with Crippen LogP contribution in [0.15, 0.2) is 12.3 Å². The summed E-state index contributed by atoms with van der Waals surface area (Å²) in [4.78, 5) is 0. The zero-order chi connectivity index (χ0) is 13.7. The number of rotatable bonds is 7. The van der Waals surface area contributed by atoms with Gasteiger partial charge in [-0.3, -0.25) is 4.68 Å². The van der Waals surface area contributed by atoms with Gasteiger partial charge in [0.25, 0.3) is 0 Å². The topological polar surface area (TPSA) is 47.3 Å². The second kappa shape index (κ2) is 7.06. The van der Waals surface area contributed by atoms with E-state index in [1.54, 1.807) is 0 Å². The van der Waals surface area contributed by atoms with E-state index in [9.17, 15) is 5.11 Å². The molecule has 0 aliphatic heterocycles. The molecule has 0 amide bonds. The number of hydrogen-bond donors (Lipinski definition) is 1. The minimum absolute atomic E-state index is 0.0818. The highest BCUT2D eigenvalue weighted by Gasteiger charge is 2.21. The van der Waals surface area contributed by atoms with E-state index < -0.39 is 6.10 Å². The summed E-state index contributed by atoms with van der Waals surface area (Å²) in [7, 11) is 0. The molecule has 0 radical (unpaired) electrons. The van der Waals surface area contributed by atoms with Crippen LogP contribution in [0, 0.1) is 0 Å². The molecule has 1 aromatic rings. The second-order valence-electron chi connectivity index (χ2n) is 5.40. The van der Waals surface area contributed by atoms with Crippen molar-refractivity contribution in [3.63, 3.8) is 0 Å². The average Bonchev–Trinajstić information content (AvgIpc) is 3.05. The van der Waals surface area contributed by atoms with Crippen molar-refractivity contribution in [3.05, 3.63) is 18.0 Å². The molecule has 1 saturated carbocycles. The summed E-state index contributed by atoms with van der Waals surface area (Å²) in [6, 6.07) is 2.60. The summed E-state index contributed by atoms with van der Waals surface area (Å²) >= 11 is 0. The fourth-order valence-electron chi connectivity index (χ4n) is 2.92. The van der Waals surface area contributed by atoms with Gasteiger partial charge in [0.05, 0.1) is 23.9 Å². The molecule has 1 aliphatic carbocycles. The monoisotopic (exact) mass is 266 g/mol. The first-order valence-corrected chi connectivity index (χ1v) is 7.58. The van der Waals surface area contributed by atoms with Crippen LogP contribution in [-0.2, 0) is 11.2 Å². The zero-order valence-electron chi connectivity index (χ0n) is 12.1. The molecule has 108 valence electrons. The number of aromatic nitrogens is 2. The van der Waals surface area contributed by atoms with Crippen LogP contribution in [0.2, 0.25) is 0 Å². The summed E-state index contributed by atoms with van der Waals surface area (Å²) in [6.45, 7) is 4.65. The van der Waals surface area contributed by atoms with Gasteiger partial charge in [-0.05, 0) is 32.3 Å². The minimum Gasteiger partial charge on any atom is -0.390 e. The molecular weight excluding hydrogens is 240 g/mol. The van der Waals surface area contributed by atoms with Crippen LogP contribution in [0.25, 0.3) is 0 Å². The molecule has 2 rings (SSSR count). The molecule has 1 N–H and O–H groups in total. The van der Waals surface area contributed by atoms with E-state index in [1.165, 1.54) is 25.7 Å². The quantitative estimate of drug-likeness (QED) is 0.825. The van der Waals surface area contributed by atoms with Crippen molar-refractivity contribution in [3.8, 4) is 0 Å². The summed E-state index contributed by atoms with van der Waals surface area (Å²) < 4.78 is 7.63. The summed E-state index contributed by atoms with van der Waals surface area (Å²) in [5, 5.41) is 14.8. The van der Waals surface area contributed by atoms with Gasteiger partial charge in [-0.1, -0.05) is 19.8 Å². The van der Waals surface area contributed by atoms with Crippen LogP contribution in [0.4, 0.5) is 0 Å². The first-order valence-electron chi connectivity index (χ1n) is 7.58. The van der Waals surface area contributed by atoms with Crippen molar-refractivity contribution in [2.75, 3.05) is 6.61 Å². The third kappa shape index (κ3) is 3.80. The Hall–Kier alpha value is -0.870. The zero-order valence-corrected chi connectivity index (χ0v) is 12.1. The molecule has 1 fully saturated rings. The van der Waals surface area contributed by atoms with Crippen molar-refractivity contribution in [1.29, 1.82) is 0 Å². The molecule has 0 spiro atoms. The van der Waals surface area contributed by atoms with Gasteiger partial charge in [-0.25, -0.2) is 0 Å². The Morgan fingerprint density at radius 2 is 2.16 bits per heavy atom.